The molecule has 0 aromatic carbocycles. The van der Waals surface area contributed by atoms with Gasteiger partial charge in [-0.3, -0.25) is 0 Å². The fourth-order valence-electron chi connectivity index (χ4n) is 0.770. The van der Waals surface area contributed by atoms with Gasteiger partial charge < -0.3 is 4.74 Å². The summed E-state index contributed by atoms with van der Waals surface area (Å²) in [5.41, 5.74) is -0.258. The van der Waals surface area contributed by atoms with E-state index in [2.05, 4.69) is 10.2 Å². The maximum absolute atomic E-state index is 11.3. The van der Waals surface area contributed by atoms with Gasteiger partial charge in [-0.05, 0) is 20.8 Å². The van der Waals surface area contributed by atoms with Crippen LogP contribution in [0.5, 0.6) is 0 Å². The molecular formula is C8H13N3O2. The number of esters is 1. The Bertz CT molecular complexity index is 311. The summed E-state index contributed by atoms with van der Waals surface area (Å²) in [6.07, 6.45) is 1.38. The highest BCUT2D eigenvalue weighted by Crippen LogP contribution is 2.09. The van der Waals surface area contributed by atoms with E-state index in [1.165, 1.54) is 11.0 Å². The lowest BCUT2D eigenvalue weighted by Crippen LogP contribution is -2.24. The zero-order valence-electron chi connectivity index (χ0n) is 8.24. The van der Waals surface area contributed by atoms with Crippen LogP contribution in [0.25, 0.3) is 0 Å². The van der Waals surface area contributed by atoms with Gasteiger partial charge in [0.1, 0.15) is 5.60 Å². The van der Waals surface area contributed by atoms with Gasteiger partial charge in [-0.25, -0.2) is 4.79 Å². The number of carbonyl (C=O) groups is 1. The van der Waals surface area contributed by atoms with Gasteiger partial charge in [-0.1, -0.05) is 0 Å². The van der Waals surface area contributed by atoms with Gasteiger partial charge in [-0.15, -0.1) is 5.10 Å². The first-order valence-electron chi connectivity index (χ1n) is 3.98. The lowest BCUT2D eigenvalue weighted by atomic mass is 10.2. The van der Waals surface area contributed by atoms with Crippen molar-refractivity contribution in [1.82, 2.24) is 15.0 Å². The highest BCUT2D eigenvalue weighted by atomic mass is 16.6. The van der Waals surface area contributed by atoms with Gasteiger partial charge in [0.05, 0.1) is 6.20 Å². The molecule has 0 bridgehead atoms. The van der Waals surface area contributed by atoms with Crippen molar-refractivity contribution in [2.45, 2.75) is 26.4 Å². The monoisotopic (exact) mass is 183 g/mol. The summed E-state index contributed by atoms with van der Waals surface area (Å²) in [5, 5.41) is 7.60. The van der Waals surface area contributed by atoms with Crippen molar-refractivity contribution >= 4 is 5.97 Å². The smallest absolute Gasteiger partial charge is 0.361 e. The maximum atomic E-state index is 11.3. The summed E-state index contributed by atoms with van der Waals surface area (Å²) in [6.45, 7) is 5.42. The number of rotatable bonds is 1. The van der Waals surface area contributed by atoms with E-state index < -0.39 is 11.6 Å². The second kappa shape index (κ2) is 3.16. The van der Waals surface area contributed by atoms with Crippen molar-refractivity contribution in [2.24, 2.45) is 7.05 Å². The zero-order valence-corrected chi connectivity index (χ0v) is 8.24. The molecule has 0 unspecified atom stereocenters. The average molecular weight is 183 g/mol. The van der Waals surface area contributed by atoms with Crippen molar-refractivity contribution < 1.29 is 9.53 Å². The van der Waals surface area contributed by atoms with E-state index >= 15 is 0 Å². The molecule has 1 aromatic rings. The van der Waals surface area contributed by atoms with Crippen molar-refractivity contribution in [2.75, 3.05) is 0 Å². The molecule has 1 aromatic heterocycles. The van der Waals surface area contributed by atoms with Gasteiger partial charge >= 0.3 is 5.97 Å². The summed E-state index contributed by atoms with van der Waals surface area (Å²) in [7, 11) is 1.65. The van der Waals surface area contributed by atoms with Crippen LogP contribution in [0.3, 0.4) is 0 Å². The molecule has 0 fully saturated rings. The van der Waals surface area contributed by atoms with Crippen LogP contribution in [0.4, 0.5) is 0 Å². The Labute approximate surface area is 76.7 Å². The zero-order chi connectivity index (χ0) is 10.1. The van der Waals surface area contributed by atoms with E-state index in [9.17, 15) is 4.79 Å². The molecule has 0 aliphatic carbocycles. The van der Waals surface area contributed by atoms with Crippen molar-refractivity contribution in [3.63, 3.8) is 0 Å². The average Bonchev–Trinajstić information content (AvgIpc) is 2.31. The van der Waals surface area contributed by atoms with Crippen LogP contribution in [0, 0.1) is 0 Å². The van der Waals surface area contributed by atoms with Crippen LogP contribution in [0.1, 0.15) is 31.3 Å². The Morgan fingerprint density at radius 2 is 2.15 bits per heavy atom. The predicted molar refractivity (Wildman–Crippen MR) is 46.2 cm³/mol. The molecule has 0 aliphatic heterocycles. The highest BCUT2D eigenvalue weighted by Gasteiger charge is 2.19. The number of aryl methyl sites for hydroxylation is 1. The Hall–Kier alpha value is -1.39. The van der Waals surface area contributed by atoms with Crippen molar-refractivity contribution in [3.05, 3.63) is 11.9 Å². The minimum atomic E-state index is -0.491. The standard InChI is InChI=1S/C8H13N3O2/c1-8(2,3)13-7(12)6-5-9-11(4)10-6/h5H,1-4H3. The first kappa shape index (κ1) is 9.70. The molecule has 5 nitrogen and oxygen atoms in total. The third kappa shape index (κ3) is 2.85. The van der Waals surface area contributed by atoms with E-state index in [1.807, 2.05) is 0 Å². The van der Waals surface area contributed by atoms with Gasteiger partial charge in [0.2, 0.25) is 0 Å². The quantitative estimate of drug-likeness (QED) is 0.603. The van der Waals surface area contributed by atoms with Gasteiger partial charge in [0, 0.05) is 7.05 Å². The summed E-state index contributed by atoms with van der Waals surface area (Å²) in [5.74, 6) is -0.444. The van der Waals surface area contributed by atoms with Gasteiger partial charge in [0.15, 0.2) is 5.69 Å². The number of hydrogen-bond donors (Lipinski definition) is 0. The molecule has 0 radical (unpaired) electrons. The summed E-state index contributed by atoms with van der Waals surface area (Å²) >= 11 is 0. The fraction of sp³-hybridized carbons (Fsp3) is 0.625. The predicted octanol–water partition coefficient (Wildman–Crippen LogP) is 0.770. The van der Waals surface area contributed by atoms with Crippen LogP contribution in [-0.4, -0.2) is 26.6 Å². The molecule has 5 heteroatoms. The van der Waals surface area contributed by atoms with Gasteiger partial charge in [-0.2, -0.15) is 9.90 Å². The Balaban J connectivity index is 2.70. The fourth-order valence-corrected chi connectivity index (χ4v) is 0.770. The summed E-state index contributed by atoms with van der Waals surface area (Å²) < 4.78 is 5.08. The number of nitrogens with zero attached hydrogens (tertiary/aromatic N) is 3. The van der Waals surface area contributed by atoms with E-state index in [-0.39, 0.29) is 5.69 Å². The first-order chi connectivity index (χ1) is 5.88. The minimum Gasteiger partial charge on any atom is -0.455 e. The van der Waals surface area contributed by atoms with Crippen LogP contribution in [-0.2, 0) is 11.8 Å². The van der Waals surface area contributed by atoms with Crippen LogP contribution < -0.4 is 0 Å². The summed E-state index contributed by atoms with van der Waals surface area (Å²) in [6, 6.07) is 0. The molecule has 0 saturated carbocycles. The van der Waals surface area contributed by atoms with Crippen molar-refractivity contribution in [1.29, 1.82) is 0 Å². The molecule has 1 rings (SSSR count). The third-order valence-electron chi connectivity index (χ3n) is 1.21. The maximum Gasteiger partial charge on any atom is 0.361 e. The number of aromatic nitrogens is 3. The van der Waals surface area contributed by atoms with Crippen molar-refractivity contribution in [3.8, 4) is 0 Å². The molecule has 0 aliphatic rings. The SMILES string of the molecule is Cn1ncc(C(=O)OC(C)(C)C)n1. The molecule has 0 atom stereocenters. The lowest BCUT2D eigenvalue weighted by molar-refractivity contribution is 0.00621. The Morgan fingerprint density at radius 3 is 2.54 bits per heavy atom. The van der Waals surface area contributed by atoms with E-state index in [1.54, 1.807) is 27.8 Å². The molecular weight excluding hydrogens is 170 g/mol. The first-order valence-corrected chi connectivity index (χ1v) is 3.98. The normalized spacial score (nSPS) is 11.4. The molecule has 13 heavy (non-hydrogen) atoms. The molecule has 1 heterocycles. The Morgan fingerprint density at radius 1 is 1.54 bits per heavy atom. The van der Waals surface area contributed by atoms with Crippen LogP contribution in [0.15, 0.2) is 6.20 Å². The second-order valence-corrected chi connectivity index (χ2v) is 3.72. The minimum absolute atomic E-state index is 0.234. The lowest BCUT2D eigenvalue weighted by Gasteiger charge is -2.18. The summed E-state index contributed by atoms with van der Waals surface area (Å²) in [4.78, 5) is 12.7. The van der Waals surface area contributed by atoms with Crippen LogP contribution >= 0.6 is 0 Å². The molecule has 72 valence electrons. The highest BCUT2D eigenvalue weighted by molar-refractivity contribution is 5.86. The van der Waals surface area contributed by atoms with E-state index in [0.717, 1.165) is 0 Å². The Kier molecular flexibility index (Phi) is 2.36. The number of ether oxygens (including phenoxy) is 1. The topological polar surface area (TPSA) is 57.0 Å². The number of carbonyl (C=O) groups excluding carboxylic acids is 1. The number of hydrogen-bond acceptors (Lipinski definition) is 4. The van der Waals surface area contributed by atoms with E-state index in [4.69, 9.17) is 4.74 Å². The molecule has 0 spiro atoms. The second-order valence-electron chi connectivity index (χ2n) is 3.72. The molecule has 0 amide bonds. The van der Waals surface area contributed by atoms with E-state index in [0.29, 0.717) is 0 Å². The largest absolute Gasteiger partial charge is 0.455 e. The molecule has 0 N–H and O–H groups in total. The third-order valence-corrected chi connectivity index (χ3v) is 1.21. The van der Waals surface area contributed by atoms with Crippen LogP contribution in [0.2, 0.25) is 0 Å². The molecule has 0 saturated heterocycles. The van der Waals surface area contributed by atoms with Gasteiger partial charge in [0.25, 0.3) is 0 Å².